The van der Waals surface area contributed by atoms with Crippen LogP contribution in [0.3, 0.4) is 0 Å². The van der Waals surface area contributed by atoms with Gasteiger partial charge in [-0.25, -0.2) is 4.57 Å². The average Bonchev–Trinajstić information content (AvgIpc) is 2.80. The number of rotatable bonds is 3. The summed E-state index contributed by atoms with van der Waals surface area (Å²) in [4.78, 5) is 24.4. The van der Waals surface area contributed by atoms with Crippen LogP contribution in [0.2, 0.25) is 0 Å². The second kappa shape index (κ2) is 5.70. The van der Waals surface area contributed by atoms with Crippen molar-refractivity contribution in [2.75, 3.05) is 25.1 Å². The van der Waals surface area contributed by atoms with Gasteiger partial charge in [0.05, 0.1) is 26.3 Å². The van der Waals surface area contributed by atoms with E-state index in [-0.39, 0.29) is 17.8 Å². The Morgan fingerprint density at radius 3 is 2.95 bits per heavy atom. The summed E-state index contributed by atoms with van der Waals surface area (Å²) < 4.78 is 6.63. The number of carbonyl (C=O) groups is 1. The molecule has 1 aliphatic heterocycles. The molecule has 1 aliphatic rings. The molecule has 104 valence electrons. The largest absolute Gasteiger partial charge is 0.377 e. The third-order valence-corrected chi connectivity index (χ3v) is 3.92. The van der Waals surface area contributed by atoms with Gasteiger partial charge in [0, 0.05) is 17.9 Å². The molecule has 1 aromatic heterocycles. The van der Waals surface area contributed by atoms with Gasteiger partial charge in [-0.15, -0.1) is 0 Å². The molecule has 0 aliphatic carbocycles. The fourth-order valence-electron chi connectivity index (χ4n) is 2.10. The van der Waals surface area contributed by atoms with Gasteiger partial charge in [-0.2, -0.15) is 0 Å². The third-order valence-electron chi connectivity index (χ3n) is 3.17. The highest BCUT2D eigenvalue weighted by atomic mass is 79.9. The molecule has 2 rings (SSSR count). The zero-order chi connectivity index (χ0) is 14.0. The quantitative estimate of drug-likeness (QED) is 0.473. The van der Waals surface area contributed by atoms with Crippen LogP contribution in [-0.2, 0) is 11.8 Å². The fraction of sp³-hybridized carbons (Fsp3) is 0.545. The molecule has 1 aromatic rings. The lowest BCUT2D eigenvalue weighted by atomic mass is 10.2. The topological polar surface area (TPSA) is 77.6 Å². The number of carbonyl (C=O) groups excluding carboxylic acids is 1. The molecule has 1 atom stereocenters. The van der Waals surface area contributed by atoms with Crippen LogP contribution in [0, 0.1) is 10.1 Å². The van der Waals surface area contributed by atoms with Crippen molar-refractivity contribution < 1.29 is 14.5 Å². The predicted molar refractivity (Wildman–Crippen MR) is 71.5 cm³/mol. The van der Waals surface area contributed by atoms with Gasteiger partial charge in [-0.3, -0.25) is 4.79 Å². The maximum Gasteiger partial charge on any atom is 0.323 e. The highest BCUT2D eigenvalue weighted by molar-refractivity contribution is 9.09. The summed E-state index contributed by atoms with van der Waals surface area (Å²) in [5, 5.41) is 11.4. The van der Waals surface area contributed by atoms with E-state index < -0.39 is 4.92 Å². The van der Waals surface area contributed by atoms with Gasteiger partial charge in [0.25, 0.3) is 5.91 Å². The maximum absolute atomic E-state index is 12.4. The van der Waals surface area contributed by atoms with E-state index >= 15 is 0 Å². The molecule has 0 radical (unpaired) electrons. The van der Waals surface area contributed by atoms with Crippen molar-refractivity contribution in [2.24, 2.45) is 7.05 Å². The number of hydrogen-bond acceptors (Lipinski definition) is 4. The zero-order valence-corrected chi connectivity index (χ0v) is 12.0. The molecule has 19 heavy (non-hydrogen) atoms. The average molecular weight is 332 g/mol. The molecule has 0 spiro atoms. The summed E-state index contributed by atoms with van der Waals surface area (Å²) >= 11 is 3.35. The van der Waals surface area contributed by atoms with E-state index in [4.69, 9.17) is 4.74 Å². The van der Waals surface area contributed by atoms with Gasteiger partial charge in [0.2, 0.25) is 0 Å². The van der Waals surface area contributed by atoms with Crippen LogP contribution in [0.15, 0.2) is 12.1 Å². The molecule has 0 bridgehead atoms. The second-order valence-corrected chi connectivity index (χ2v) is 4.92. The van der Waals surface area contributed by atoms with Crippen LogP contribution in [0.5, 0.6) is 0 Å². The van der Waals surface area contributed by atoms with Crippen molar-refractivity contribution in [1.29, 1.82) is 0 Å². The van der Waals surface area contributed by atoms with Gasteiger partial charge < -0.3 is 19.8 Å². The monoisotopic (exact) mass is 331 g/mol. The Balaban J connectivity index is 2.26. The molecule has 1 unspecified atom stereocenters. The number of hydrogen-bond donors (Lipinski definition) is 0. The van der Waals surface area contributed by atoms with E-state index in [1.54, 1.807) is 4.90 Å². The Labute approximate surface area is 118 Å². The Morgan fingerprint density at radius 1 is 1.63 bits per heavy atom. The van der Waals surface area contributed by atoms with E-state index in [1.165, 1.54) is 23.7 Å². The van der Waals surface area contributed by atoms with Crippen molar-refractivity contribution in [2.45, 2.75) is 6.04 Å². The first kappa shape index (κ1) is 14.0. The van der Waals surface area contributed by atoms with E-state index in [0.29, 0.717) is 30.8 Å². The number of nitro groups is 1. The maximum atomic E-state index is 12.4. The number of amides is 1. The third kappa shape index (κ3) is 2.64. The van der Waals surface area contributed by atoms with E-state index in [1.807, 2.05) is 0 Å². The molecule has 1 saturated heterocycles. The van der Waals surface area contributed by atoms with Crippen molar-refractivity contribution >= 4 is 27.7 Å². The van der Waals surface area contributed by atoms with Gasteiger partial charge in [0.1, 0.15) is 0 Å². The molecule has 2 heterocycles. The van der Waals surface area contributed by atoms with Crippen LogP contribution < -0.4 is 0 Å². The molecule has 1 fully saturated rings. The number of alkyl halides is 1. The first-order valence-corrected chi connectivity index (χ1v) is 6.93. The van der Waals surface area contributed by atoms with Crippen LogP contribution in [-0.4, -0.2) is 51.4 Å². The number of nitrogens with zero attached hydrogens (tertiary/aromatic N) is 3. The van der Waals surface area contributed by atoms with Gasteiger partial charge >= 0.3 is 5.82 Å². The number of aromatic nitrogens is 1. The lowest BCUT2D eigenvalue weighted by Crippen LogP contribution is -2.50. The summed E-state index contributed by atoms with van der Waals surface area (Å²) in [5.74, 6) is -0.296. The van der Waals surface area contributed by atoms with Crippen LogP contribution in [0.4, 0.5) is 5.82 Å². The SMILES string of the molecule is Cn1c(C(=O)N2CCOCC2CBr)ccc1[N+](=O)[O-]. The molecule has 1 amide bonds. The van der Waals surface area contributed by atoms with Crippen LogP contribution in [0.25, 0.3) is 0 Å². The molecular formula is C11H14BrN3O4. The smallest absolute Gasteiger partial charge is 0.323 e. The van der Waals surface area contributed by atoms with Crippen molar-refractivity contribution in [3.05, 3.63) is 27.9 Å². The van der Waals surface area contributed by atoms with Gasteiger partial charge in [0.15, 0.2) is 5.69 Å². The van der Waals surface area contributed by atoms with Gasteiger partial charge in [-0.05, 0) is 11.0 Å². The highest BCUT2D eigenvalue weighted by Gasteiger charge is 2.31. The predicted octanol–water partition coefficient (Wildman–Crippen LogP) is 1.17. The zero-order valence-electron chi connectivity index (χ0n) is 10.4. The lowest BCUT2D eigenvalue weighted by molar-refractivity contribution is -0.391. The van der Waals surface area contributed by atoms with Crippen molar-refractivity contribution in [1.82, 2.24) is 9.47 Å². The Hall–Kier alpha value is -1.41. The minimum absolute atomic E-state index is 0.0461. The van der Waals surface area contributed by atoms with E-state index in [0.717, 1.165) is 0 Å². The number of morpholine rings is 1. The summed E-state index contributed by atoms with van der Waals surface area (Å²) in [6.07, 6.45) is 0. The minimum Gasteiger partial charge on any atom is -0.377 e. The second-order valence-electron chi connectivity index (χ2n) is 4.27. The van der Waals surface area contributed by atoms with Crippen molar-refractivity contribution in [3.63, 3.8) is 0 Å². The standard InChI is InChI=1S/C11H14BrN3O4/c1-13-9(2-3-10(13)15(17)18)11(16)14-4-5-19-7-8(14)6-12/h2-3,8H,4-7H2,1H3. The normalized spacial score (nSPS) is 19.5. The Morgan fingerprint density at radius 2 is 2.37 bits per heavy atom. The summed E-state index contributed by atoms with van der Waals surface area (Å²) in [6.45, 7) is 1.46. The molecule has 8 heteroatoms. The van der Waals surface area contributed by atoms with E-state index in [9.17, 15) is 14.9 Å². The molecular weight excluding hydrogens is 318 g/mol. The first-order chi connectivity index (χ1) is 9.06. The van der Waals surface area contributed by atoms with Crippen molar-refractivity contribution in [3.8, 4) is 0 Å². The first-order valence-electron chi connectivity index (χ1n) is 5.81. The highest BCUT2D eigenvalue weighted by Crippen LogP contribution is 2.19. The molecule has 0 aromatic carbocycles. The summed E-state index contributed by atoms with van der Waals surface area (Å²) in [5.41, 5.74) is 0.319. The number of halogens is 1. The Bertz CT molecular complexity index is 502. The van der Waals surface area contributed by atoms with Crippen LogP contribution >= 0.6 is 15.9 Å². The van der Waals surface area contributed by atoms with E-state index in [2.05, 4.69) is 15.9 Å². The fourth-order valence-corrected chi connectivity index (χ4v) is 2.63. The van der Waals surface area contributed by atoms with Gasteiger partial charge in [-0.1, -0.05) is 15.9 Å². The number of ether oxygens (including phenoxy) is 1. The van der Waals surface area contributed by atoms with Crippen LogP contribution in [0.1, 0.15) is 10.5 Å². The molecule has 7 nitrogen and oxygen atoms in total. The summed E-state index contributed by atoms with van der Waals surface area (Å²) in [7, 11) is 1.52. The molecule has 0 N–H and O–H groups in total. The summed E-state index contributed by atoms with van der Waals surface area (Å²) in [6, 6.07) is 2.79. The molecule has 0 saturated carbocycles. The Kier molecular flexibility index (Phi) is 4.20. The minimum atomic E-state index is -0.502. The lowest BCUT2D eigenvalue weighted by Gasteiger charge is -2.34.